The van der Waals surface area contributed by atoms with Gasteiger partial charge in [-0.05, 0) is 39.6 Å². The second-order valence-corrected chi connectivity index (χ2v) is 5.77. The lowest BCUT2D eigenvalue weighted by molar-refractivity contribution is 1.05. The van der Waals surface area contributed by atoms with Gasteiger partial charge in [-0.15, -0.1) is 12.6 Å². The Hall–Kier alpha value is -1.99. The van der Waals surface area contributed by atoms with Crippen LogP contribution in [0.4, 0.5) is 0 Å². The maximum atomic E-state index is 4.40. The van der Waals surface area contributed by atoms with Crippen LogP contribution in [-0.2, 0) is 0 Å². The van der Waals surface area contributed by atoms with Gasteiger partial charge in [-0.25, -0.2) is 0 Å². The molecule has 1 unspecified atom stereocenters. The SMILES string of the molecule is Sc1ccc2cc(C3C=Cc4ccccc43)ccc2c1. The highest BCUT2D eigenvalue weighted by Crippen LogP contribution is 2.36. The summed E-state index contributed by atoms with van der Waals surface area (Å²) in [5.41, 5.74) is 4.09. The van der Waals surface area contributed by atoms with E-state index in [1.807, 2.05) is 6.07 Å². The molecule has 1 aliphatic carbocycles. The van der Waals surface area contributed by atoms with E-state index in [0.717, 1.165) is 4.90 Å². The van der Waals surface area contributed by atoms with E-state index in [9.17, 15) is 0 Å². The molecule has 0 saturated heterocycles. The van der Waals surface area contributed by atoms with Crippen LogP contribution in [0.25, 0.3) is 16.8 Å². The van der Waals surface area contributed by atoms with Crippen LogP contribution in [0.2, 0.25) is 0 Å². The largest absolute Gasteiger partial charge is 0.143 e. The summed E-state index contributed by atoms with van der Waals surface area (Å²) in [6, 6.07) is 21.6. The molecule has 20 heavy (non-hydrogen) atoms. The number of fused-ring (bicyclic) bond motifs is 2. The van der Waals surface area contributed by atoms with Gasteiger partial charge in [0.05, 0.1) is 0 Å². The molecule has 3 aromatic carbocycles. The van der Waals surface area contributed by atoms with E-state index in [1.54, 1.807) is 0 Å². The Kier molecular flexibility index (Phi) is 2.68. The molecule has 3 aromatic rings. The first-order valence-electron chi connectivity index (χ1n) is 6.81. The molecule has 0 fully saturated rings. The normalized spacial score (nSPS) is 16.6. The molecule has 1 aliphatic rings. The van der Waals surface area contributed by atoms with Crippen LogP contribution in [0, 0.1) is 0 Å². The summed E-state index contributed by atoms with van der Waals surface area (Å²) in [5.74, 6) is 0.381. The average molecular weight is 274 g/mol. The van der Waals surface area contributed by atoms with Gasteiger partial charge in [-0.3, -0.25) is 0 Å². The molecule has 1 heteroatoms. The quantitative estimate of drug-likeness (QED) is 0.573. The molecule has 0 N–H and O–H groups in total. The minimum atomic E-state index is 0.381. The van der Waals surface area contributed by atoms with Crippen LogP contribution in [-0.4, -0.2) is 0 Å². The Labute approximate surface area is 124 Å². The van der Waals surface area contributed by atoms with Crippen molar-refractivity contribution in [3.8, 4) is 0 Å². The van der Waals surface area contributed by atoms with E-state index in [1.165, 1.54) is 27.5 Å². The van der Waals surface area contributed by atoms with Gasteiger partial charge in [0.1, 0.15) is 0 Å². The van der Waals surface area contributed by atoms with Crippen LogP contribution >= 0.6 is 12.6 Å². The van der Waals surface area contributed by atoms with Crippen LogP contribution in [0.1, 0.15) is 22.6 Å². The Bertz CT molecular complexity index is 830. The van der Waals surface area contributed by atoms with Gasteiger partial charge >= 0.3 is 0 Å². The van der Waals surface area contributed by atoms with Crippen LogP contribution in [0.5, 0.6) is 0 Å². The molecule has 0 nitrogen and oxygen atoms in total. The first kappa shape index (κ1) is 11.8. The number of hydrogen-bond donors (Lipinski definition) is 1. The fraction of sp³-hybridized carbons (Fsp3) is 0.0526. The zero-order chi connectivity index (χ0) is 13.5. The molecular weight excluding hydrogens is 260 g/mol. The Balaban J connectivity index is 1.84. The van der Waals surface area contributed by atoms with Gasteiger partial charge in [0.15, 0.2) is 0 Å². The van der Waals surface area contributed by atoms with Crippen LogP contribution in [0.15, 0.2) is 71.6 Å². The van der Waals surface area contributed by atoms with Gasteiger partial charge in [0.25, 0.3) is 0 Å². The molecule has 0 heterocycles. The highest BCUT2D eigenvalue weighted by molar-refractivity contribution is 7.80. The number of rotatable bonds is 1. The van der Waals surface area contributed by atoms with Gasteiger partial charge in [-0.1, -0.05) is 60.7 Å². The lowest BCUT2D eigenvalue weighted by Gasteiger charge is -2.12. The molecule has 0 amide bonds. The van der Waals surface area contributed by atoms with E-state index >= 15 is 0 Å². The molecule has 0 aromatic heterocycles. The monoisotopic (exact) mass is 274 g/mol. The van der Waals surface area contributed by atoms with Crippen LogP contribution < -0.4 is 0 Å². The van der Waals surface area contributed by atoms with E-state index < -0.39 is 0 Å². The zero-order valence-corrected chi connectivity index (χ0v) is 11.8. The van der Waals surface area contributed by atoms with E-state index in [-0.39, 0.29) is 0 Å². The Morgan fingerprint density at radius 2 is 1.60 bits per heavy atom. The van der Waals surface area contributed by atoms with Gasteiger partial charge in [0, 0.05) is 10.8 Å². The van der Waals surface area contributed by atoms with Crippen molar-refractivity contribution in [2.75, 3.05) is 0 Å². The minimum absolute atomic E-state index is 0.381. The fourth-order valence-corrected chi connectivity index (χ4v) is 3.20. The minimum Gasteiger partial charge on any atom is -0.143 e. The second kappa shape index (κ2) is 4.53. The third-order valence-electron chi connectivity index (χ3n) is 4.01. The standard InChI is InChI=1S/C19H14S/c20-17-9-7-14-11-16(6-5-15(14)12-17)19-10-8-13-3-1-2-4-18(13)19/h1-12,19-20H. The van der Waals surface area contributed by atoms with Crippen molar-refractivity contribution >= 4 is 29.5 Å². The van der Waals surface area contributed by atoms with Crippen molar-refractivity contribution in [3.63, 3.8) is 0 Å². The number of benzene rings is 3. The molecule has 0 aliphatic heterocycles. The summed E-state index contributed by atoms with van der Waals surface area (Å²) in [6.45, 7) is 0. The first-order chi connectivity index (χ1) is 9.81. The summed E-state index contributed by atoms with van der Waals surface area (Å²) in [7, 11) is 0. The predicted molar refractivity (Wildman–Crippen MR) is 88.5 cm³/mol. The van der Waals surface area contributed by atoms with Gasteiger partial charge in [-0.2, -0.15) is 0 Å². The van der Waals surface area contributed by atoms with Crippen molar-refractivity contribution in [3.05, 3.63) is 83.4 Å². The third kappa shape index (κ3) is 1.86. The molecule has 4 rings (SSSR count). The number of allylic oxidation sites excluding steroid dienone is 1. The topological polar surface area (TPSA) is 0 Å². The Morgan fingerprint density at radius 1 is 0.800 bits per heavy atom. The predicted octanol–water partition coefficient (Wildman–Crippen LogP) is 5.29. The smallest absolute Gasteiger partial charge is 0.0278 e. The summed E-state index contributed by atoms with van der Waals surface area (Å²) < 4.78 is 0. The lowest BCUT2D eigenvalue weighted by Crippen LogP contribution is -1.95. The van der Waals surface area contributed by atoms with Crippen molar-refractivity contribution in [1.82, 2.24) is 0 Å². The summed E-state index contributed by atoms with van der Waals surface area (Å²) in [4.78, 5) is 1.01. The first-order valence-corrected chi connectivity index (χ1v) is 7.26. The molecular formula is C19H14S. The average Bonchev–Trinajstić information content (AvgIpc) is 2.91. The second-order valence-electron chi connectivity index (χ2n) is 5.26. The fourth-order valence-electron chi connectivity index (χ4n) is 2.99. The van der Waals surface area contributed by atoms with Crippen molar-refractivity contribution in [1.29, 1.82) is 0 Å². The van der Waals surface area contributed by atoms with Gasteiger partial charge < -0.3 is 0 Å². The number of hydrogen-bond acceptors (Lipinski definition) is 1. The van der Waals surface area contributed by atoms with Crippen molar-refractivity contribution < 1.29 is 0 Å². The highest BCUT2D eigenvalue weighted by atomic mass is 32.1. The lowest BCUT2D eigenvalue weighted by atomic mass is 9.91. The molecule has 0 bridgehead atoms. The van der Waals surface area contributed by atoms with E-state index in [4.69, 9.17) is 0 Å². The summed E-state index contributed by atoms with van der Waals surface area (Å²) in [5, 5.41) is 2.52. The van der Waals surface area contributed by atoms with Crippen molar-refractivity contribution in [2.45, 2.75) is 10.8 Å². The van der Waals surface area contributed by atoms with Crippen molar-refractivity contribution in [2.24, 2.45) is 0 Å². The van der Waals surface area contributed by atoms with Crippen LogP contribution in [0.3, 0.4) is 0 Å². The third-order valence-corrected chi connectivity index (χ3v) is 4.28. The van der Waals surface area contributed by atoms with E-state index in [0.29, 0.717) is 5.92 Å². The summed E-state index contributed by atoms with van der Waals surface area (Å²) >= 11 is 4.40. The summed E-state index contributed by atoms with van der Waals surface area (Å²) in [6.07, 6.45) is 4.51. The molecule has 1 atom stereocenters. The number of thiol groups is 1. The highest BCUT2D eigenvalue weighted by Gasteiger charge is 2.18. The Morgan fingerprint density at radius 3 is 2.55 bits per heavy atom. The van der Waals surface area contributed by atoms with Gasteiger partial charge in [0.2, 0.25) is 0 Å². The zero-order valence-electron chi connectivity index (χ0n) is 11.0. The molecule has 96 valence electrons. The maximum absolute atomic E-state index is 4.40. The molecule has 0 saturated carbocycles. The molecule has 0 radical (unpaired) electrons. The van der Waals surface area contributed by atoms with E-state index in [2.05, 4.69) is 79.4 Å². The maximum Gasteiger partial charge on any atom is 0.0278 e. The molecule has 0 spiro atoms.